The van der Waals surface area contributed by atoms with Crippen molar-refractivity contribution in [1.29, 1.82) is 0 Å². The molecule has 2 rings (SSSR count). The van der Waals surface area contributed by atoms with E-state index in [0.29, 0.717) is 18.7 Å². The fourth-order valence-corrected chi connectivity index (χ4v) is 2.62. The third-order valence-electron chi connectivity index (χ3n) is 3.37. The van der Waals surface area contributed by atoms with E-state index in [2.05, 4.69) is 5.32 Å². The average Bonchev–Trinajstić information content (AvgIpc) is 2.40. The minimum Gasteiger partial charge on any atom is -0.506 e. The number of rotatable bonds is 4. The number of para-hydroxylation sites is 1. The van der Waals surface area contributed by atoms with E-state index in [4.69, 9.17) is 11.6 Å². The van der Waals surface area contributed by atoms with Crippen LogP contribution in [0, 0.1) is 0 Å². The van der Waals surface area contributed by atoms with Crippen molar-refractivity contribution in [2.24, 2.45) is 0 Å². The smallest absolute Gasteiger partial charge is 0.240 e. The second-order valence-corrected chi connectivity index (χ2v) is 5.01. The molecule has 6 heteroatoms. The van der Waals surface area contributed by atoms with Crippen molar-refractivity contribution in [2.75, 3.05) is 26.2 Å². The van der Waals surface area contributed by atoms with E-state index in [1.54, 1.807) is 18.2 Å². The Labute approximate surface area is 116 Å². The highest BCUT2D eigenvalue weighted by Gasteiger charge is 2.27. The van der Waals surface area contributed by atoms with E-state index in [1.165, 1.54) is 0 Å². The number of phenolic OH excluding ortho intramolecular Hbond substituents is 1. The van der Waals surface area contributed by atoms with Crippen LogP contribution in [0.5, 0.6) is 5.75 Å². The summed E-state index contributed by atoms with van der Waals surface area (Å²) in [5.41, 5.74) is 0.481. The van der Waals surface area contributed by atoms with Crippen LogP contribution >= 0.6 is 11.6 Å². The van der Waals surface area contributed by atoms with Gasteiger partial charge < -0.3 is 10.4 Å². The van der Waals surface area contributed by atoms with Gasteiger partial charge in [-0.1, -0.05) is 23.7 Å². The summed E-state index contributed by atoms with van der Waals surface area (Å²) in [6.07, 6.45) is -2.72. The van der Waals surface area contributed by atoms with Gasteiger partial charge in [0.05, 0.1) is 5.02 Å². The molecule has 106 valence electrons. The Bertz CT molecular complexity index is 425. The Morgan fingerprint density at radius 2 is 2.00 bits per heavy atom. The van der Waals surface area contributed by atoms with Gasteiger partial charge in [-0.25, -0.2) is 8.78 Å². The van der Waals surface area contributed by atoms with E-state index < -0.39 is 12.5 Å². The number of alkyl halides is 2. The van der Waals surface area contributed by atoms with Gasteiger partial charge in [0.1, 0.15) is 5.75 Å². The summed E-state index contributed by atoms with van der Waals surface area (Å²) in [6, 6.07) is 4.40. The standard InChI is InChI=1S/C13H17ClF2N2O/c14-10-3-1-2-9(13(10)19)11(8-12(15)16)18-6-4-17-5-7-18/h1-3,11-12,17,19H,4-8H2/t11-/m0/s1. The molecule has 0 radical (unpaired) electrons. The van der Waals surface area contributed by atoms with Gasteiger partial charge >= 0.3 is 0 Å². The minimum absolute atomic E-state index is 0.0895. The molecule has 3 nitrogen and oxygen atoms in total. The van der Waals surface area contributed by atoms with Crippen LogP contribution in [-0.2, 0) is 0 Å². The summed E-state index contributed by atoms with van der Waals surface area (Å²) in [7, 11) is 0. The summed E-state index contributed by atoms with van der Waals surface area (Å²) in [6.45, 7) is 2.90. The summed E-state index contributed by atoms with van der Waals surface area (Å²) in [4.78, 5) is 1.97. The fourth-order valence-electron chi connectivity index (χ4n) is 2.44. The second kappa shape index (κ2) is 6.50. The van der Waals surface area contributed by atoms with Crippen LogP contribution in [-0.4, -0.2) is 42.6 Å². The van der Waals surface area contributed by atoms with Crippen LogP contribution in [0.2, 0.25) is 5.02 Å². The molecular weight excluding hydrogens is 274 g/mol. The summed E-state index contributed by atoms with van der Waals surface area (Å²) in [5.74, 6) is -0.0895. The molecule has 0 unspecified atom stereocenters. The highest BCUT2D eigenvalue weighted by molar-refractivity contribution is 6.32. The zero-order valence-electron chi connectivity index (χ0n) is 10.5. The first-order chi connectivity index (χ1) is 9.09. The Balaban J connectivity index is 2.27. The zero-order chi connectivity index (χ0) is 13.8. The van der Waals surface area contributed by atoms with Crippen molar-refractivity contribution in [2.45, 2.75) is 18.9 Å². The molecule has 1 aliphatic heterocycles. The molecule has 0 aliphatic carbocycles. The maximum absolute atomic E-state index is 12.8. The van der Waals surface area contributed by atoms with Crippen LogP contribution in [0.3, 0.4) is 0 Å². The molecule has 0 spiro atoms. The van der Waals surface area contributed by atoms with Crippen molar-refractivity contribution < 1.29 is 13.9 Å². The van der Waals surface area contributed by atoms with E-state index in [-0.39, 0.29) is 17.2 Å². The number of nitrogens with one attached hydrogen (secondary N) is 1. The topological polar surface area (TPSA) is 35.5 Å². The molecule has 1 aromatic carbocycles. The Morgan fingerprint density at radius 3 is 2.63 bits per heavy atom. The number of benzene rings is 1. The van der Waals surface area contributed by atoms with Gasteiger partial charge in [0.25, 0.3) is 0 Å². The maximum Gasteiger partial charge on any atom is 0.240 e. The van der Waals surface area contributed by atoms with Gasteiger partial charge in [-0.15, -0.1) is 0 Å². The predicted molar refractivity (Wildman–Crippen MR) is 70.9 cm³/mol. The van der Waals surface area contributed by atoms with Crippen LogP contribution in [0.15, 0.2) is 18.2 Å². The van der Waals surface area contributed by atoms with Crippen molar-refractivity contribution in [1.82, 2.24) is 10.2 Å². The quantitative estimate of drug-likeness (QED) is 0.895. The third kappa shape index (κ3) is 3.55. The first-order valence-corrected chi connectivity index (χ1v) is 6.67. The van der Waals surface area contributed by atoms with Crippen molar-refractivity contribution in [3.05, 3.63) is 28.8 Å². The Kier molecular flexibility index (Phi) is 4.96. The molecule has 1 aliphatic rings. The summed E-state index contributed by atoms with van der Waals surface area (Å²) >= 11 is 5.87. The van der Waals surface area contributed by atoms with Crippen LogP contribution in [0.25, 0.3) is 0 Å². The predicted octanol–water partition coefficient (Wildman–Crippen LogP) is 2.65. The van der Waals surface area contributed by atoms with E-state index in [1.807, 2.05) is 4.90 Å². The van der Waals surface area contributed by atoms with Crippen molar-refractivity contribution in [3.8, 4) is 5.75 Å². The Hall–Kier alpha value is -0.910. The maximum atomic E-state index is 12.8. The largest absolute Gasteiger partial charge is 0.506 e. The highest BCUT2D eigenvalue weighted by atomic mass is 35.5. The van der Waals surface area contributed by atoms with Gasteiger partial charge in [0, 0.05) is 44.2 Å². The van der Waals surface area contributed by atoms with Crippen LogP contribution in [0.4, 0.5) is 8.78 Å². The number of nitrogens with zero attached hydrogens (tertiary/aromatic N) is 1. The molecule has 19 heavy (non-hydrogen) atoms. The van der Waals surface area contributed by atoms with E-state index >= 15 is 0 Å². The number of hydrogen-bond acceptors (Lipinski definition) is 3. The normalized spacial score (nSPS) is 18.7. The van der Waals surface area contributed by atoms with Gasteiger partial charge in [0.2, 0.25) is 6.43 Å². The van der Waals surface area contributed by atoms with Crippen LogP contribution in [0.1, 0.15) is 18.0 Å². The number of halogens is 3. The molecule has 2 N–H and O–H groups in total. The number of piperazine rings is 1. The third-order valence-corrected chi connectivity index (χ3v) is 3.68. The first-order valence-electron chi connectivity index (χ1n) is 6.30. The summed E-state index contributed by atoms with van der Waals surface area (Å²) < 4.78 is 25.6. The van der Waals surface area contributed by atoms with Gasteiger partial charge in [-0.05, 0) is 6.07 Å². The van der Waals surface area contributed by atoms with Crippen molar-refractivity contribution in [3.63, 3.8) is 0 Å². The Morgan fingerprint density at radius 1 is 1.32 bits per heavy atom. The number of phenols is 1. The lowest BCUT2D eigenvalue weighted by Crippen LogP contribution is -2.45. The highest BCUT2D eigenvalue weighted by Crippen LogP contribution is 2.37. The molecule has 0 aromatic heterocycles. The lowest BCUT2D eigenvalue weighted by molar-refractivity contribution is 0.0730. The fraction of sp³-hybridized carbons (Fsp3) is 0.538. The lowest BCUT2D eigenvalue weighted by Gasteiger charge is -2.35. The van der Waals surface area contributed by atoms with E-state index in [0.717, 1.165) is 13.1 Å². The molecular formula is C13H17ClF2N2O. The molecule has 1 atom stereocenters. The molecule has 1 aromatic rings. The van der Waals surface area contributed by atoms with Gasteiger partial charge in [-0.2, -0.15) is 0 Å². The molecule has 0 bridgehead atoms. The van der Waals surface area contributed by atoms with Crippen molar-refractivity contribution >= 4 is 11.6 Å². The molecule has 1 fully saturated rings. The molecule has 0 amide bonds. The average molecular weight is 291 g/mol. The lowest BCUT2D eigenvalue weighted by atomic mass is 10.00. The second-order valence-electron chi connectivity index (χ2n) is 4.61. The molecule has 1 saturated heterocycles. The number of aromatic hydroxyl groups is 1. The first kappa shape index (κ1) is 14.5. The van der Waals surface area contributed by atoms with Gasteiger partial charge in [-0.3, -0.25) is 4.90 Å². The molecule has 0 saturated carbocycles. The number of hydrogen-bond donors (Lipinski definition) is 2. The summed E-state index contributed by atoms with van der Waals surface area (Å²) in [5, 5.41) is 13.4. The zero-order valence-corrected chi connectivity index (χ0v) is 11.2. The monoisotopic (exact) mass is 290 g/mol. The van der Waals surface area contributed by atoms with Gasteiger partial charge in [0.15, 0.2) is 0 Å². The molecule has 1 heterocycles. The minimum atomic E-state index is -2.42. The van der Waals surface area contributed by atoms with Crippen LogP contribution < -0.4 is 5.32 Å². The van der Waals surface area contributed by atoms with E-state index in [9.17, 15) is 13.9 Å². The SMILES string of the molecule is Oc1c(Cl)cccc1[C@H](CC(F)F)N1CCNCC1.